The third-order valence-electron chi connectivity index (χ3n) is 10.7. The van der Waals surface area contributed by atoms with Crippen LogP contribution in [0.3, 0.4) is 0 Å². The van der Waals surface area contributed by atoms with Crippen molar-refractivity contribution in [2.75, 3.05) is 0 Å². The number of aromatic nitrogens is 4. The van der Waals surface area contributed by atoms with Crippen LogP contribution in [0, 0.1) is 12.1 Å². The van der Waals surface area contributed by atoms with Crippen molar-refractivity contribution in [3.05, 3.63) is 205 Å². The van der Waals surface area contributed by atoms with Crippen LogP contribution in [-0.4, -0.2) is 19.1 Å². The summed E-state index contributed by atoms with van der Waals surface area (Å²) in [5.74, 6) is 0.863. The van der Waals surface area contributed by atoms with Crippen LogP contribution in [-0.2, 0) is 26.5 Å². The van der Waals surface area contributed by atoms with E-state index < -0.39 is 5.41 Å². The second-order valence-corrected chi connectivity index (χ2v) is 13.2. The van der Waals surface area contributed by atoms with E-state index in [1.165, 1.54) is 27.6 Å². The summed E-state index contributed by atoms with van der Waals surface area (Å²) in [7, 11) is 0. The van der Waals surface area contributed by atoms with Gasteiger partial charge in [0.1, 0.15) is 11.5 Å². The summed E-state index contributed by atoms with van der Waals surface area (Å²) in [6.07, 6.45) is 1.85. The molecule has 1 aliphatic rings. The first-order valence-electron chi connectivity index (χ1n) is 17.3. The van der Waals surface area contributed by atoms with Crippen molar-refractivity contribution in [1.82, 2.24) is 19.1 Å². The number of hydrogen-bond acceptors (Lipinski definition) is 2. The van der Waals surface area contributed by atoms with E-state index >= 15 is 0 Å². The summed E-state index contributed by atoms with van der Waals surface area (Å²) in [6.45, 7) is 0. The minimum atomic E-state index is -0.747. The number of fused-ring (bicyclic) bond motifs is 9. The van der Waals surface area contributed by atoms with Crippen LogP contribution in [0.15, 0.2) is 170 Å². The monoisotopic (exact) mass is 843 g/mol. The second-order valence-electron chi connectivity index (χ2n) is 13.2. The molecule has 0 bridgehead atoms. The van der Waals surface area contributed by atoms with Gasteiger partial charge in [0.2, 0.25) is 0 Å². The Labute approximate surface area is 314 Å². The summed E-state index contributed by atoms with van der Waals surface area (Å²) in [6, 6.07) is 65.5. The fraction of sp³-hybridized carbons (Fsp3) is 0.0213. The van der Waals surface area contributed by atoms with Gasteiger partial charge < -0.3 is 9.13 Å². The Morgan fingerprint density at radius 1 is 0.519 bits per heavy atom. The molecule has 0 saturated heterocycles. The van der Waals surface area contributed by atoms with Crippen LogP contribution in [0.1, 0.15) is 22.4 Å². The van der Waals surface area contributed by atoms with Gasteiger partial charge in [-0.3, -0.25) is 0 Å². The molecule has 11 rings (SSSR count). The van der Waals surface area contributed by atoms with E-state index in [4.69, 9.17) is 9.97 Å². The van der Waals surface area contributed by atoms with Crippen LogP contribution in [0.5, 0.6) is 0 Å². The van der Waals surface area contributed by atoms with Gasteiger partial charge in [-0.05, 0) is 64.0 Å². The van der Waals surface area contributed by atoms with E-state index in [-0.39, 0.29) is 21.1 Å². The van der Waals surface area contributed by atoms with Crippen molar-refractivity contribution in [2.45, 2.75) is 5.41 Å². The molecule has 246 valence electrons. The SMILES string of the molecule is [Pt+2].[c-]1ccccc1-n1c2ccccc2c2ccc(C3(c4[c-]c5c(cc4)c4ccccc4n5-c4ccccn4)c4ccccc4-c4ccccc43)nc21. The molecule has 0 aliphatic heterocycles. The molecule has 4 aromatic heterocycles. The summed E-state index contributed by atoms with van der Waals surface area (Å²) < 4.78 is 4.49. The van der Waals surface area contributed by atoms with Crippen molar-refractivity contribution in [3.63, 3.8) is 0 Å². The molecule has 5 heteroatoms. The van der Waals surface area contributed by atoms with Crippen LogP contribution in [0.25, 0.3) is 66.4 Å². The largest absolute Gasteiger partial charge is 2.00 e. The first-order chi connectivity index (χ1) is 25.3. The zero-order chi connectivity index (χ0) is 33.5. The molecule has 0 spiro atoms. The summed E-state index contributed by atoms with van der Waals surface area (Å²) in [4.78, 5) is 10.5. The minimum Gasteiger partial charge on any atom is -0.319 e. The average molecular weight is 844 g/mol. The number of para-hydroxylation sites is 3. The molecule has 0 unspecified atom stereocenters. The molecular formula is C47H28N4Pt. The molecule has 0 saturated carbocycles. The molecule has 0 fully saturated rings. The molecule has 52 heavy (non-hydrogen) atoms. The fourth-order valence-corrected chi connectivity index (χ4v) is 8.59. The van der Waals surface area contributed by atoms with Crippen LogP contribution in [0.2, 0.25) is 0 Å². The van der Waals surface area contributed by atoms with E-state index in [1.807, 2.05) is 30.5 Å². The Bertz CT molecular complexity index is 2770. The second kappa shape index (κ2) is 11.7. The standard InChI is InChI=1S/C47H28N4.Pt/c1-2-14-32(15-3-1)50-41-22-10-7-19-36(41)38-27-28-44(49-46(38)50)47(39-20-8-4-16-33(39)34-17-5-9-21-40(34)47)31-25-26-37-35-18-6-11-23-42(35)51(43(37)30-31)45-24-12-13-29-48-45;/h1-14,16-29H;/q-2;+2. The van der Waals surface area contributed by atoms with Crippen LogP contribution < -0.4 is 0 Å². The number of rotatable bonds is 4. The number of benzene rings is 6. The quantitative estimate of drug-likeness (QED) is 0.166. The predicted molar refractivity (Wildman–Crippen MR) is 206 cm³/mol. The first kappa shape index (κ1) is 30.7. The van der Waals surface area contributed by atoms with E-state index in [0.717, 1.165) is 61.1 Å². The normalized spacial score (nSPS) is 13.0. The molecule has 1 aliphatic carbocycles. The number of nitrogens with zero attached hydrogens (tertiary/aromatic N) is 4. The third kappa shape index (κ3) is 4.13. The minimum absolute atomic E-state index is 0. The van der Waals surface area contributed by atoms with Crippen molar-refractivity contribution >= 4 is 43.7 Å². The smallest absolute Gasteiger partial charge is 0.319 e. The maximum absolute atomic E-state index is 5.72. The fourth-order valence-electron chi connectivity index (χ4n) is 8.59. The van der Waals surface area contributed by atoms with Crippen molar-refractivity contribution in [1.29, 1.82) is 0 Å². The molecular weight excluding hydrogens is 816 g/mol. The molecule has 0 atom stereocenters. The maximum Gasteiger partial charge on any atom is 2.00 e. The number of hydrogen-bond donors (Lipinski definition) is 0. The number of pyridine rings is 2. The molecule has 0 amide bonds. The predicted octanol–water partition coefficient (Wildman–Crippen LogP) is 10.6. The summed E-state index contributed by atoms with van der Waals surface area (Å²) in [5.41, 5.74) is 11.1. The van der Waals surface area contributed by atoms with Crippen molar-refractivity contribution in [3.8, 4) is 22.6 Å². The average Bonchev–Trinajstić information content (AvgIpc) is 3.82. The van der Waals surface area contributed by atoms with Gasteiger partial charge in [0.05, 0.1) is 16.6 Å². The molecule has 4 nitrogen and oxygen atoms in total. The summed E-state index contributed by atoms with van der Waals surface area (Å²) in [5, 5.41) is 4.58. The van der Waals surface area contributed by atoms with Crippen molar-refractivity contribution < 1.29 is 21.1 Å². The first-order valence-corrected chi connectivity index (χ1v) is 17.3. The van der Waals surface area contributed by atoms with Gasteiger partial charge in [0.25, 0.3) is 0 Å². The summed E-state index contributed by atoms with van der Waals surface area (Å²) >= 11 is 0. The molecule has 0 N–H and O–H groups in total. The van der Waals surface area contributed by atoms with E-state index in [2.05, 4.69) is 161 Å². The van der Waals surface area contributed by atoms with Gasteiger partial charge in [0.15, 0.2) is 0 Å². The Morgan fingerprint density at radius 2 is 1.15 bits per heavy atom. The van der Waals surface area contributed by atoms with Gasteiger partial charge in [-0.15, -0.1) is 17.0 Å². The van der Waals surface area contributed by atoms with Gasteiger partial charge in [-0.25, -0.2) is 9.97 Å². The zero-order valence-electron chi connectivity index (χ0n) is 27.8. The maximum atomic E-state index is 5.72. The molecule has 0 radical (unpaired) electrons. The Hall–Kier alpha value is -6.09. The van der Waals surface area contributed by atoms with Gasteiger partial charge >= 0.3 is 21.1 Å². The van der Waals surface area contributed by atoms with E-state index in [9.17, 15) is 0 Å². The molecule has 6 aromatic carbocycles. The molecule has 4 heterocycles. The third-order valence-corrected chi connectivity index (χ3v) is 10.7. The van der Waals surface area contributed by atoms with Gasteiger partial charge in [-0.1, -0.05) is 102 Å². The van der Waals surface area contributed by atoms with Crippen LogP contribution in [0.4, 0.5) is 0 Å². The molecule has 10 aromatic rings. The van der Waals surface area contributed by atoms with Crippen LogP contribution >= 0.6 is 0 Å². The van der Waals surface area contributed by atoms with Gasteiger partial charge in [0, 0.05) is 22.5 Å². The van der Waals surface area contributed by atoms with Crippen molar-refractivity contribution in [2.24, 2.45) is 0 Å². The topological polar surface area (TPSA) is 35.6 Å². The Kier molecular flexibility index (Phi) is 6.93. The Morgan fingerprint density at radius 3 is 1.87 bits per heavy atom. The van der Waals surface area contributed by atoms with E-state index in [0.29, 0.717) is 0 Å². The Balaban J connectivity index is 0.00000338. The zero-order valence-corrected chi connectivity index (χ0v) is 30.0. The van der Waals surface area contributed by atoms with Gasteiger partial charge in [-0.2, -0.15) is 42.5 Å². The van der Waals surface area contributed by atoms with E-state index in [1.54, 1.807) is 0 Å².